The van der Waals surface area contributed by atoms with Crippen molar-refractivity contribution in [3.05, 3.63) is 47.3 Å². The first kappa shape index (κ1) is 20.6. The van der Waals surface area contributed by atoms with Gasteiger partial charge in [-0.05, 0) is 73.4 Å². The standard InChI is InChI=1S/C24H33FN2O/c1-16-11-21(12-17(2)23(16)26-22(28)14-24(3,4)5)27-10-6-7-18-13-20(25)9-8-19(18)15-27/h8-9,11-13,18-19H,6-7,10,14-15H2,1-5H3,(H,26,28). The molecule has 1 amide bonds. The normalized spacial score (nSPS) is 22.4. The van der Waals surface area contributed by atoms with Crippen molar-refractivity contribution < 1.29 is 9.18 Å². The first-order chi connectivity index (χ1) is 13.1. The van der Waals surface area contributed by atoms with Gasteiger partial charge in [0.1, 0.15) is 5.83 Å². The summed E-state index contributed by atoms with van der Waals surface area (Å²) in [5, 5.41) is 3.11. The van der Waals surface area contributed by atoms with E-state index in [9.17, 15) is 9.18 Å². The molecular formula is C24H33FN2O. The lowest BCUT2D eigenvalue weighted by atomic mass is 9.85. The molecule has 1 fully saturated rings. The average Bonchev–Trinajstić information content (AvgIpc) is 2.78. The van der Waals surface area contributed by atoms with E-state index >= 15 is 0 Å². The van der Waals surface area contributed by atoms with Crippen LogP contribution in [0, 0.1) is 31.1 Å². The van der Waals surface area contributed by atoms with Crippen LogP contribution in [0.1, 0.15) is 51.2 Å². The fraction of sp³-hybridized carbons (Fsp3) is 0.542. The van der Waals surface area contributed by atoms with Crippen molar-refractivity contribution in [2.45, 2.75) is 53.9 Å². The molecule has 1 heterocycles. The molecule has 2 atom stereocenters. The number of allylic oxidation sites excluding steroid dienone is 3. The molecule has 1 N–H and O–H groups in total. The minimum Gasteiger partial charge on any atom is -0.371 e. The van der Waals surface area contributed by atoms with Gasteiger partial charge in [-0.25, -0.2) is 4.39 Å². The minimum atomic E-state index is -0.100. The number of nitrogens with zero attached hydrogens (tertiary/aromatic N) is 1. The van der Waals surface area contributed by atoms with Crippen LogP contribution in [0.4, 0.5) is 15.8 Å². The highest BCUT2D eigenvalue weighted by atomic mass is 19.1. The number of carbonyl (C=O) groups is 1. The molecule has 28 heavy (non-hydrogen) atoms. The van der Waals surface area contributed by atoms with Crippen LogP contribution in [0.2, 0.25) is 0 Å². The lowest BCUT2D eigenvalue weighted by molar-refractivity contribution is -0.117. The number of fused-ring (bicyclic) bond motifs is 1. The number of carbonyl (C=O) groups excluding carboxylic acids is 1. The molecule has 2 unspecified atom stereocenters. The number of benzene rings is 1. The van der Waals surface area contributed by atoms with Gasteiger partial charge >= 0.3 is 0 Å². The van der Waals surface area contributed by atoms with E-state index in [1.54, 1.807) is 12.2 Å². The van der Waals surface area contributed by atoms with Gasteiger partial charge in [-0.2, -0.15) is 0 Å². The van der Waals surface area contributed by atoms with Crippen LogP contribution in [-0.4, -0.2) is 19.0 Å². The van der Waals surface area contributed by atoms with Crippen LogP contribution in [0.3, 0.4) is 0 Å². The van der Waals surface area contributed by atoms with Crippen LogP contribution < -0.4 is 10.2 Å². The first-order valence-corrected chi connectivity index (χ1v) is 10.3. The quantitative estimate of drug-likeness (QED) is 0.700. The summed E-state index contributed by atoms with van der Waals surface area (Å²) >= 11 is 0. The smallest absolute Gasteiger partial charge is 0.224 e. The number of amides is 1. The van der Waals surface area contributed by atoms with Gasteiger partial charge in [0.05, 0.1) is 0 Å². The molecule has 1 aromatic carbocycles. The topological polar surface area (TPSA) is 32.3 Å². The Hall–Kier alpha value is -2.10. The molecular weight excluding hydrogens is 351 g/mol. The monoisotopic (exact) mass is 384 g/mol. The molecule has 0 radical (unpaired) electrons. The van der Waals surface area contributed by atoms with Crippen molar-refractivity contribution >= 4 is 17.3 Å². The van der Waals surface area contributed by atoms with E-state index in [4.69, 9.17) is 0 Å². The fourth-order valence-corrected chi connectivity index (χ4v) is 4.32. The van der Waals surface area contributed by atoms with Crippen LogP contribution in [0.25, 0.3) is 0 Å². The van der Waals surface area contributed by atoms with E-state index in [1.165, 1.54) is 5.69 Å². The van der Waals surface area contributed by atoms with Crippen molar-refractivity contribution in [3.63, 3.8) is 0 Å². The van der Waals surface area contributed by atoms with E-state index < -0.39 is 0 Å². The number of anilines is 2. The van der Waals surface area contributed by atoms with Gasteiger partial charge in [-0.1, -0.05) is 26.8 Å². The second-order valence-electron chi connectivity index (χ2n) is 9.57. The van der Waals surface area contributed by atoms with Crippen molar-refractivity contribution in [2.24, 2.45) is 17.3 Å². The highest BCUT2D eigenvalue weighted by Crippen LogP contribution is 2.35. The van der Waals surface area contributed by atoms with Gasteiger partial charge in [0.25, 0.3) is 0 Å². The van der Waals surface area contributed by atoms with Crippen molar-refractivity contribution in [2.75, 3.05) is 23.3 Å². The van der Waals surface area contributed by atoms with Crippen molar-refractivity contribution in [3.8, 4) is 0 Å². The summed E-state index contributed by atoms with van der Waals surface area (Å²) in [6.45, 7) is 12.2. The van der Waals surface area contributed by atoms with Crippen LogP contribution in [0.5, 0.6) is 0 Å². The third-order valence-electron chi connectivity index (χ3n) is 5.66. The Morgan fingerprint density at radius 3 is 2.54 bits per heavy atom. The number of nitrogens with one attached hydrogen (secondary N) is 1. The average molecular weight is 385 g/mol. The van der Waals surface area contributed by atoms with Gasteiger partial charge in [0.2, 0.25) is 5.91 Å². The van der Waals surface area contributed by atoms with Crippen LogP contribution in [0.15, 0.2) is 36.2 Å². The van der Waals surface area contributed by atoms with E-state index in [2.05, 4.69) is 57.0 Å². The molecule has 3 nitrogen and oxygen atoms in total. The molecule has 4 heteroatoms. The SMILES string of the molecule is Cc1cc(N2CCCC3C=C(F)C=CC3C2)cc(C)c1NC(=O)CC(C)(C)C. The Bertz CT molecular complexity index is 780. The third-order valence-corrected chi connectivity index (χ3v) is 5.66. The second kappa shape index (κ2) is 8.10. The van der Waals surface area contributed by atoms with Crippen LogP contribution in [-0.2, 0) is 4.79 Å². The second-order valence-corrected chi connectivity index (χ2v) is 9.57. The largest absolute Gasteiger partial charge is 0.371 e. The van der Waals surface area contributed by atoms with Gasteiger partial charge in [0, 0.05) is 36.8 Å². The molecule has 0 spiro atoms. The van der Waals surface area contributed by atoms with Gasteiger partial charge in [-0.3, -0.25) is 4.79 Å². The van der Waals surface area contributed by atoms with E-state index in [0.29, 0.717) is 18.3 Å². The Morgan fingerprint density at radius 1 is 1.21 bits per heavy atom. The molecule has 1 aromatic rings. The fourth-order valence-electron chi connectivity index (χ4n) is 4.32. The Morgan fingerprint density at radius 2 is 1.89 bits per heavy atom. The maximum atomic E-state index is 13.6. The number of aryl methyl sites for hydroxylation is 2. The lowest BCUT2D eigenvalue weighted by Gasteiger charge is -2.29. The molecule has 1 saturated heterocycles. The predicted octanol–water partition coefficient (Wildman–Crippen LogP) is 5.93. The Kier molecular flexibility index (Phi) is 5.97. The van der Waals surface area contributed by atoms with Gasteiger partial charge < -0.3 is 10.2 Å². The maximum absolute atomic E-state index is 13.6. The molecule has 1 aliphatic heterocycles. The predicted molar refractivity (Wildman–Crippen MR) is 115 cm³/mol. The van der Waals surface area contributed by atoms with Crippen LogP contribution >= 0.6 is 0 Å². The van der Waals surface area contributed by atoms with Gasteiger partial charge in [0.15, 0.2) is 0 Å². The molecule has 2 aliphatic rings. The van der Waals surface area contributed by atoms with E-state index in [-0.39, 0.29) is 17.1 Å². The number of hydrogen-bond donors (Lipinski definition) is 1. The summed E-state index contributed by atoms with van der Waals surface area (Å²) in [6, 6.07) is 4.34. The lowest BCUT2D eigenvalue weighted by Crippen LogP contribution is -2.30. The third kappa shape index (κ3) is 5.03. The summed E-state index contributed by atoms with van der Waals surface area (Å²) in [5.74, 6) is 0.615. The van der Waals surface area contributed by atoms with Gasteiger partial charge in [-0.15, -0.1) is 0 Å². The van der Waals surface area contributed by atoms with E-state index in [0.717, 1.165) is 42.7 Å². The Labute approximate surface area is 168 Å². The minimum absolute atomic E-state index is 0.0319. The summed E-state index contributed by atoms with van der Waals surface area (Å²) in [5.41, 5.74) is 4.25. The number of halogens is 1. The summed E-state index contributed by atoms with van der Waals surface area (Å²) < 4.78 is 13.6. The Balaban J connectivity index is 1.77. The molecule has 0 bridgehead atoms. The molecule has 1 aliphatic carbocycles. The maximum Gasteiger partial charge on any atom is 0.224 e. The number of rotatable bonds is 3. The number of hydrogen-bond acceptors (Lipinski definition) is 2. The zero-order valence-corrected chi connectivity index (χ0v) is 17.8. The van der Waals surface area contributed by atoms with Crippen molar-refractivity contribution in [1.29, 1.82) is 0 Å². The highest BCUT2D eigenvalue weighted by molar-refractivity contribution is 5.93. The molecule has 0 aromatic heterocycles. The molecule has 152 valence electrons. The zero-order chi connectivity index (χ0) is 20.5. The summed E-state index contributed by atoms with van der Waals surface area (Å²) in [7, 11) is 0. The first-order valence-electron chi connectivity index (χ1n) is 10.3. The summed E-state index contributed by atoms with van der Waals surface area (Å²) in [6.07, 6.45) is 8.00. The van der Waals surface area contributed by atoms with Crippen molar-refractivity contribution in [1.82, 2.24) is 0 Å². The summed E-state index contributed by atoms with van der Waals surface area (Å²) in [4.78, 5) is 14.8. The molecule has 0 saturated carbocycles. The zero-order valence-electron chi connectivity index (χ0n) is 17.8. The molecule has 3 rings (SSSR count). The highest BCUT2D eigenvalue weighted by Gasteiger charge is 2.27. The van der Waals surface area contributed by atoms with E-state index in [1.807, 2.05) is 6.08 Å².